The molecule has 1 fully saturated rings. The molecule has 0 spiro atoms. The van der Waals surface area contributed by atoms with Crippen LogP contribution in [0.1, 0.15) is 43.4 Å². The van der Waals surface area contributed by atoms with Gasteiger partial charge in [0.1, 0.15) is 0 Å². The Balaban J connectivity index is 2.19. The first kappa shape index (κ1) is 14.5. The van der Waals surface area contributed by atoms with Crippen LogP contribution in [0.3, 0.4) is 0 Å². The Morgan fingerprint density at radius 3 is 2.63 bits per heavy atom. The Bertz CT molecular complexity index is 377. The molecule has 3 nitrogen and oxygen atoms in total. The maximum atomic E-state index is 6.41. The number of ether oxygens (including phenoxy) is 1. The van der Waals surface area contributed by atoms with Gasteiger partial charge in [0.05, 0.1) is 6.61 Å². The highest BCUT2D eigenvalue weighted by atomic mass is 16.5. The van der Waals surface area contributed by atoms with Crippen LogP contribution in [-0.2, 0) is 11.3 Å². The van der Waals surface area contributed by atoms with E-state index in [9.17, 15) is 0 Å². The summed E-state index contributed by atoms with van der Waals surface area (Å²) in [5.41, 5.74) is 8.97. The molecule has 0 radical (unpaired) electrons. The molecule has 1 heterocycles. The second-order valence-electron chi connectivity index (χ2n) is 5.41. The molecule has 0 amide bonds. The fraction of sp³-hybridized carbons (Fsp3) is 0.625. The maximum absolute atomic E-state index is 6.41. The average molecular weight is 262 g/mol. The molecule has 3 heteroatoms. The first-order valence-electron chi connectivity index (χ1n) is 7.33. The van der Waals surface area contributed by atoms with Gasteiger partial charge in [-0.05, 0) is 37.1 Å². The molecule has 1 aromatic carbocycles. The number of hydrogen-bond acceptors (Lipinski definition) is 3. The van der Waals surface area contributed by atoms with Crippen molar-refractivity contribution >= 4 is 0 Å². The van der Waals surface area contributed by atoms with Gasteiger partial charge < -0.3 is 10.5 Å². The monoisotopic (exact) mass is 262 g/mol. The molecular formula is C16H26N2O. The molecule has 19 heavy (non-hydrogen) atoms. The molecule has 1 aliphatic heterocycles. The number of benzene rings is 1. The van der Waals surface area contributed by atoms with E-state index in [0.29, 0.717) is 12.6 Å². The third-order valence-electron chi connectivity index (χ3n) is 4.07. The van der Waals surface area contributed by atoms with Gasteiger partial charge >= 0.3 is 0 Å². The molecule has 0 saturated carbocycles. The molecule has 2 unspecified atom stereocenters. The predicted octanol–water partition coefficient (Wildman–Crippen LogP) is 2.71. The molecule has 2 atom stereocenters. The molecule has 1 saturated heterocycles. The minimum Gasteiger partial charge on any atom is -0.380 e. The summed E-state index contributed by atoms with van der Waals surface area (Å²) in [6, 6.07) is 9.36. The molecule has 0 aromatic heterocycles. The fourth-order valence-electron chi connectivity index (χ4n) is 3.05. The third kappa shape index (κ3) is 3.56. The van der Waals surface area contributed by atoms with Crippen LogP contribution in [0.25, 0.3) is 0 Å². The number of nitrogens with two attached hydrogens (primary N) is 1. The minimum atomic E-state index is 0.246. The summed E-state index contributed by atoms with van der Waals surface area (Å²) in [6.07, 6.45) is 3.64. The highest BCUT2D eigenvalue weighted by Crippen LogP contribution is 2.29. The molecule has 1 aliphatic rings. The molecular weight excluding hydrogens is 236 g/mol. The van der Waals surface area contributed by atoms with E-state index in [2.05, 4.69) is 36.1 Å². The third-order valence-corrected chi connectivity index (χ3v) is 4.07. The Hall–Kier alpha value is -0.900. The molecule has 0 aliphatic carbocycles. The normalized spacial score (nSPS) is 25.2. The quantitative estimate of drug-likeness (QED) is 0.906. The van der Waals surface area contributed by atoms with Gasteiger partial charge in [-0.1, -0.05) is 37.6 Å². The summed E-state index contributed by atoms with van der Waals surface area (Å²) < 4.78 is 5.16. The lowest BCUT2D eigenvalue weighted by atomic mass is 9.95. The van der Waals surface area contributed by atoms with Crippen LogP contribution in [0.4, 0.5) is 0 Å². The maximum Gasteiger partial charge on any atom is 0.0713 e. The highest BCUT2D eigenvalue weighted by molar-refractivity contribution is 5.26. The number of nitrogens with zero attached hydrogens (tertiary/aromatic N) is 1. The van der Waals surface area contributed by atoms with E-state index in [4.69, 9.17) is 10.5 Å². The van der Waals surface area contributed by atoms with E-state index in [1.807, 2.05) is 0 Å². The van der Waals surface area contributed by atoms with E-state index in [1.54, 1.807) is 7.11 Å². The van der Waals surface area contributed by atoms with E-state index >= 15 is 0 Å². The first-order chi connectivity index (χ1) is 9.26. The van der Waals surface area contributed by atoms with Crippen LogP contribution < -0.4 is 5.73 Å². The summed E-state index contributed by atoms with van der Waals surface area (Å²) in [4.78, 5) is 2.52. The van der Waals surface area contributed by atoms with Gasteiger partial charge in [-0.25, -0.2) is 0 Å². The van der Waals surface area contributed by atoms with Crippen LogP contribution in [0, 0.1) is 0 Å². The van der Waals surface area contributed by atoms with Crippen molar-refractivity contribution in [1.29, 1.82) is 0 Å². The van der Waals surface area contributed by atoms with Gasteiger partial charge in [0.25, 0.3) is 0 Å². The molecule has 1 aromatic rings. The van der Waals surface area contributed by atoms with Crippen molar-refractivity contribution in [3.8, 4) is 0 Å². The minimum absolute atomic E-state index is 0.246. The zero-order chi connectivity index (χ0) is 13.7. The van der Waals surface area contributed by atoms with Crippen LogP contribution >= 0.6 is 0 Å². The van der Waals surface area contributed by atoms with Crippen molar-refractivity contribution in [3.05, 3.63) is 35.4 Å². The van der Waals surface area contributed by atoms with Crippen molar-refractivity contribution in [2.75, 3.05) is 20.2 Å². The summed E-state index contributed by atoms with van der Waals surface area (Å²) in [7, 11) is 1.73. The van der Waals surface area contributed by atoms with Crippen molar-refractivity contribution in [2.24, 2.45) is 5.73 Å². The summed E-state index contributed by atoms with van der Waals surface area (Å²) in [6.45, 7) is 5.13. The number of methoxy groups -OCH3 is 1. The zero-order valence-electron chi connectivity index (χ0n) is 12.1. The summed E-state index contributed by atoms with van der Waals surface area (Å²) in [5, 5.41) is 0. The van der Waals surface area contributed by atoms with Gasteiger partial charge in [0.15, 0.2) is 0 Å². The van der Waals surface area contributed by atoms with E-state index < -0.39 is 0 Å². The smallest absolute Gasteiger partial charge is 0.0713 e. The zero-order valence-corrected chi connectivity index (χ0v) is 12.1. The van der Waals surface area contributed by atoms with Gasteiger partial charge in [-0.3, -0.25) is 4.90 Å². The fourth-order valence-corrected chi connectivity index (χ4v) is 3.05. The summed E-state index contributed by atoms with van der Waals surface area (Å²) >= 11 is 0. The van der Waals surface area contributed by atoms with Crippen molar-refractivity contribution < 1.29 is 4.74 Å². The van der Waals surface area contributed by atoms with Crippen LogP contribution in [0.2, 0.25) is 0 Å². The predicted molar refractivity (Wildman–Crippen MR) is 79.0 cm³/mol. The second kappa shape index (κ2) is 7.04. The van der Waals surface area contributed by atoms with Crippen LogP contribution in [0.15, 0.2) is 24.3 Å². The number of likely N-dealkylation sites (N-methyl/N-ethyl adjacent to an activating group) is 1. The standard InChI is InChI=1S/C16H26N2O/c1-3-18-11-5-4-6-15(17)16(18)14-9-7-13(8-10-14)12-19-2/h7-10,15-16H,3-6,11-12,17H2,1-2H3. The van der Waals surface area contributed by atoms with Crippen molar-refractivity contribution in [3.63, 3.8) is 0 Å². The van der Waals surface area contributed by atoms with E-state index in [-0.39, 0.29) is 6.04 Å². The SMILES string of the molecule is CCN1CCCCC(N)C1c1ccc(COC)cc1. The van der Waals surface area contributed by atoms with Gasteiger partial charge in [0, 0.05) is 19.2 Å². The molecule has 106 valence electrons. The molecule has 2 rings (SSSR count). The highest BCUT2D eigenvalue weighted by Gasteiger charge is 2.27. The van der Waals surface area contributed by atoms with Crippen molar-refractivity contribution in [2.45, 2.75) is 44.9 Å². The molecule has 0 bridgehead atoms. The Labute approximate surface area is 116 Å². The van der Waals surface area contributed by atoms with Crippen LogP contribution in [0.5, 0.6) is 0 Å². The Kier molecular flexibility index (Phi) is 5.37. The van der Waals surface area contributed by atoms with E-state index in [0.717, 1.165) is 19.5 Å². The Morgan fingerprint density at radius 1 is 1.26 bits per heavy atom. The average Bonchev–Trinajstić information content (AvgIpc) is 2.61. The number of hydrogen-bond donors (Lipinski definition) is 1. The lowest BCUT2D eigenvalue weighted by molar-refractivity contribution is 0.184. The lowest BCUT2D eigenvalue weighted by Gasteiger charge is -2.33. The lowest BCUT2D eigenvalue weighted by Crippen LogP contribution is -2.39. The van der Waals surface area contributed by atoms with Gasteiger partial charge in [-0.2, -0.15) is 0 Å². The topological polar surface area (TPSA) is 38.5 Å². The van der Waals surface area contributed by atoms with E-state index in [1.165, 1.54) is 24.0 Å². The summed E-state index contributed by atoms with van der Waals surface area (Å²) in [5.74, 6) is 0. The Morgan fingerprint density at radius 2 is 2.00 bits per heavy atom. The number of likely N-dealkylation sites (tertiary alicyclic amines) is 1. The largest absolute Gasteiger partial charge is 0.380 e. The van der Waals surface area contributed by atoms with Gasteiger partial charge in [-0.15, -0.1) is 0 Å². The van der Waals surface area contributed by atoms with Crippen molar-refractivity contribution in [1.82, 2.24) is 4.90 Å². The van der Waals surface area contributed by atoms with Gasteiger partial charge in [0.2, 0.25) is 0 Å². The molecule has 2 N–H and O–H groups in total. The van der Waals surface area contributed by atoms with Crippen LogP contribution in [-0.4, -0.2) is 31.1 Å². The first-order valence-corrected chi connectivity index (χ1v) is 7.33. The second-order valence-corrected chi connectivity index (χ2v) is 5.41. The number of rotatable bonds is 4.